The summed E-state index contributed by atoms with van der Waals surface area (Å²) in [4.78, 5) is 39.8. The van der Waals surface area contributed by atoms with E-state index in [9.17, 15) is 18.8 Å². The molecule has 1 fully saturated rings. The molecule has 1 aromatic heterocycles. The van der Waals surface area contributed by atoms with Gasteiger partial charge in [-0.25, -0.2) is 9.18 Å². The number of carbonyl (C=O) groups excluding carboxylic acids is 3. The number of para-hydroxylation sites is 1. The quantitative estimate of drug-likeness (QED) is 0.102. The van der Waals surface area contributed by atoms with Crippen LogP contribution in [0.1, 0.15) is 18.5 Å². The van der Waals surface area contributed by atoms with Crippen LogP contribution in [-0.2, 0) is 14.4 Å². The van der Waals surface area contributed by atoms with Crippen molar-refractivity contribution in [2.75, 3.05) is 33.1 Å². The van der Waals surface area contributed by atoms with Crippen LogP contribution in [0.25, 0.3) is 11.1 Å². The SMILES string of the molecule is CN(C=C=O)C/C(N)=C/C=C\N.CNC(=O)/C(N)=C(/C=C(\N)NC(=O)C1CC1)Nc1cccc(-c2cnc(C)c(F)c2)c1OC. The molecule has 1 saturated carbocycles. The Hall–Kier alpha value is -5.75. The summed E-state index contributed by atoms with van der Waals surface area (Å²) >= 11 is 0. The van der Waals surface area contributed by atoms with Crippen molar-refractivity contribution in [2.24, 2.45) is 28.9 Å². The summed E-state index contributed by atoms with van der Waals surface area (Å²) in [7, 11) is 4.64. The zero-order valence-corrected chi connectivity index (χ0v) is 25.7. The summed E-state index contributed by atoms with van der Waals surface area (Å²) in [5.41, 5.74) is 25.1. The average Bonchev–Trinajstić information content (AvgIpc) is 3.86. The maximum absolute atomic E-state index is 14.1. The first-order valence-electron chi connectivity index (χ1n) is 13.8. The number of aromatic nitrogens is 1. The van der Waals surface area contributed by atoms with Crippen LogP contribution in [0.5, 0.6) is 5.75 Å². The molecular weight excluding hydrogens is 581 g/mol. The van der Waals surface area contributed by atoms with Gasteiger partial charge < -0.3 is 48.5 Å². The monoisotopic (exact) mass is 621 g/mol. The molecule has 0 saturated heterocycles. The molecular formula is C31H40FN9O4. The van der Waals surface area contributed by atoms with Crippen molar-refractivity contribution in [2.45, 2.75) is 19.8 Å². The summed E-state index contributed by atoms with van der Waals surface area (Å²) in [6.45, 7) is 2.06. The fraction of sp³-hybridized carbons (Fsp3) is 0.258. The highest BCUT2D eigenvalue weighted by molar-refractivity contribution is 5.94. The minimum Gasteiger partial charge on any atom is -0.494 e. The van der Waals surface area contributed by atoms with Gasteiger partial charge in [-0.15, -0.1) is 0 Å². The van der Waals surface area contributed by atoms with Crippen LogP contribution in [0.3, 0.4) is 0 Å². The number of carbonyl (C=O) groups is 2. The molecule has 3 rings (SSSR count). The van der Waals surface area contributed by atoms with Gasteiger partial charge in [-0.1, -0.05) is 12.1 Å². The summed E-state index contributed by atoms with van der Waals surface area (Å²) in [5.74, 6) is 0.833. The highest BCUT2D eigenvalue weighted by atomic mass is 19.1. The Balaban J connectivity index is 0.000000498. The Morgan fingerprint density at radius 1 is 1.24 bits per heavy atom. The molecule has 0 atom stereocenters. The first-order valence-corrected chi connectivity index (χ1v) is 13.8. The molecule has 11 N–H and O–H groups in total. The Morgan fingerprint density at radius 2 is 1.96 bits per heavy atom. The van der Waals surface area contributed by atoms with E-state index in [1.807, 2.05) is 0 Å². The number of methoxy groups -OCH3 is 1. The Labute approximate surface area is 261 Å². The second-order valence-corrected chi connectivity index (χ2v) is 9.86. The first kappa shape index (κ1) is 35.4. The molecule has 240 valence electrons. The highest BCUT2D eigenvalue weighted by Crippen LogP contribution is 2.37. The smallest absolute Gasteiger partial charge is 0.269 e. The molecule has 1 aromatic carbocycles. The number of nitrogens with zero attached hydrogens (tertiary/aromatic N) is 2. The van der Waals surface area contributed by atoms with E-state index in [1.165, 1.54) is 38.7 Å². The van der Waals surface area contributed by atoms with Gasteiger partial charge in [0.15, 0.2) is 0 Å². The van der Waals surface area contributed by atoms with Gasteiger partial charge in [-0.3, -0.25) is 14.6 Å². The van der Waals surface area contributed by atoms with Crippen molar-refractivity contribution < 1.29 is 23.5 Å². The molecule has 14 heteroatoms. The Bertz CT molecular complexity index is 1540. The van der Waals surface area contributed by atoms with Crippen molar-refractivity contribution in [3.05, 3.63) is 95.5 Å². The Kier molecular flexibility index (Phi) is 13.7. The van der Waals surface area contributed by atoms with E-state index >= 15 is 0 Å². The van der Waals surface area contributed by atoms with Gasteiger partial charge in [0.2, 0.25) is 5.91 Å². The second-order valence-electron chi connectivity index (χ2n) is 9.86. The highest BCUT2D eigenvalue weighted by Gasteiger charge is 2.29. The zero-order chi connectivity index (χ0) is 33.5. The molecule has 0 bridgehead atoms. The molecule has 45 heavy (non-hydrogen) atoms. The van der Waals surface area contributed by atoms with Gasteiger partial charge in [-0.2, -0.15) is 0 Å². The lowest BCUT2D eigenvalue weighted by Crippen LogP contribution is -2.31. The number of aryl methyl sites for hydroxylation is 1. The van der Waals surface area contributed by atoms with Crippen molar-refractivity contribution in [1.82, 2.24) is 20.5 Å². The number of ether oxygens (including phenoxy) is 1. The number of likely N-dealkylation sites (N-methyl/N-ethyl adjacent to an activating group) is 2. The van der Waals surface area contributed by atoms with E-state index in [-0.39, 0.29) is 34.7 Å². The molecule has 0 unspecified atom stereocenters. The van der Waals surface area contributed by atoms with E-state index < -0.39 is 11.7 Å². The number of nitrogens with two attached hydrogens (primary N) is 4. The number of allylic oxidation sites excluding steroid dienone is 3. The number of halogens is 1. The van der Waals surface area contributed by atoms with Gasteiger partial charge in [0.1, 0.15) is 29.0 Å². The van der Waals surface area contributed by atoms with E-state index in [2.05, 4.69) is 20.9 Å². The van der Waals surface area contributed by atoms with E-state index in [0.29, 0.717) is 34.8 Å². The lowest BCUT2D eigenvalue weighted by molar-refractivity contribution is -0.121. The minimum atomic E-state index is -0.546. The van der Waals surface area contributed by atoms with Crippen LogP contribution in [-0.4, -0.2) is 55.4 Å². The van der Waals surface area contributed by atoms with Crippen LogP contribution in [0.4, 0.5) is 10.1 Å². The fourth-order valence-electron chi connectivity index (χ4n) is 3.76. The minimum absolute atomic E-state index is 0.0289. The number of rotatable bonds is 12. The number of amides is 2. The summed E-state index contributed by atoms with van der Waals surface area (Å²) < 4.78 is 19.7. The third kappa shape index (κ3) is 11.1. The van der Waals surface area contributed by atoms with Gasteiger partial charge in [0.25, 0.3) is 5.91 Å². The number of pyridine rings is 1. The van der Waals surface area contributed by atoms with Crippen LogP contribution in [0.15, 0.2) is 84.0 Å². The largest absolute Gasteiger partial charge is 0.494 e. The van der Waals surface area contributed by atoms with E-state index in [4.69, 9.17) is 27.7 Å². The first-order chi connectivity index (χ1) is 21.4. The van der Waals surface area contributed by atoms with Crippen molar-refractivity contribution in [1.29, 1.82) is 0 Å². The topological polar surface area (TPSA) is 217 Å². The summed E-state index contributed by atoms with van der Waals surface area (Å²) in [6, 6.07) is 6.55. The van der Waals surface area contributed by atoms with Crippen LogP contribution in [0.2, 0.25) is 0 Å². The second kappa shape index (κ2) is 17.4. The third-order valence-corrected chi connectivity index (χ3v) is 6.23. The third-order valence-electron chi connectivity index (χ3n) is 6.23. The molecule has 2 amide bonds. The average molecular weight is 622 g/mol. The van der Waals surface area contributed by atoms with Crippen molar-refractivity contribution in [3.8, 4) is 16.9 Å². The van der Waals surface area contributed by atoms with Crippen molar-refractivity contribution >= 4 is 23.4 Å². The van der Waals surface area contributed by atoms with Crippen molar-refractivity contribution in [3.63, 3.8) is 0 Å². The molecule has 2 aromatic rings. The van der Waals surface area contributed by atoms with E-state index in [0.717, 1.165) is 12.8 Å². The predicted molar refractivity (Wildman–Crippen MR) is 171 cm³/mol. The molecule has 1 aliphatic carbocycles. The molecule has 0 spiro atoms. The van der Waals surface area contributed by atoms with Gasteiger partial charge in [-0.05, 0) is 50.3 Å². The summed E-state index contributed by atoms with van der Waals surface area (Å²) in [6.07, 6.45) is 10.5. The van der Waals surface area contributed by atoms with Gasteiger partial charge in [0.05, 0.1) is 36.9 Å². The van der Waals surface area contributed by atoms with Crippen LogP contribution >= 0.6 is 0 Å². The standard InChI is InChI=1S/C23H27FN6O3.C8H13N3O/c1-12-16(24)9-14(11-28-12)15-5-4-6-17(21(15)33-3)29-18(20(26)23(32)27-2)10-19(25)30-22(31)13-7-8-13;1-11(5-6-12)7-8(10)3-2-4-9/h4-6,9-11,13,29H,7-8,25-26H2,1-3H3,(H,27,32)(H,30,31);2-5H,7,9-10H2,1H3/b19-10+,20-18+;4-2-,8-3-. The maximum atomic E-state index is 14.1. The number of nitrogens with one attached hydrogen (secondary N) is 3. The van der Waals surface area contributed by atoms with Crippen LogP contribution < -0.4 is 43.6 Å². The number of benzene rings is 1. The maximum Gasteiger partial charge on any atom is 0.269 e. The van der Waals surface area contributed by atoms with Gasteiger partial charge in [0, 0.05) is 49.1 Å². The molecule has 1 heterocycles. The lowest BCUT2D eigenvalue weighted by atomic mass is 10.0. The lowest BCUT2D eigenvalue weighted by Gasteiger charge is -2.17. The number of anilines is 1. The molecule has 1 aliphatic rings. The normalized spacial score (nSPS) is 13.4. The summed E-state index contributed by atoms with van der Waals surface area (Å²) in [5, 5.41) is 8.10. The van der Waals surface area contributed by atoms with E-state index in [1.54, 1.807) is 61.4 Å². The van der Waals surface area contributed by atoms with Gasteiger partial charge >= 0.3 is 0 Å². The fourth-order valence-corrected chi connectivity index (χ4v) is 3.76. The number of hydrogen-bond donors (Lipinski definition) is 7. The zero-order valence-electron chi connectivity index (χ0n) is 25.7. The van der Waals surface area contributed by atoms with Crippen LogP contribution in [0, 0.1) is 18.7 Å². The molecule has 0 aliphatic heterocycles. The Morgan fingerprint density at radius 3 is 2.53 bits per heavy atom. The molecule has 0 radical (unpaired) electrons. The molecule has 13 nitrogen and oxygen atoms in total. The number of hydrogen-bond acceptors (Lipinski definition) is 11. The predicted octanol–water partition coefficient (Wildman–Crippen LogP) is 1.44.